The first kappa shape index (κ1) is 20.8. The van der Waals surface area contributed by atoms with Crippen LogP contribution in [0.15, 0.2) is 5.11 Å². The number of azide groups is 1. The number of amides is 1. The third-order valence-electron chi connectivity index (χ3n) is 4.63. The molecule has 0 aromatic carbocycles. The quantitative estimate of drug-likeness (QED) is 0.318. The number of carbonyl (C=O) groups is 1. The van der Waals surface area contributed by atoms with Crippen LogP contribution in [-0.2, 0) is 9.16 Å². The van der Waals surface area contributed by atoms with Crippen LogP contribution in [0.1, 0.15) is 48.0 Å². The Morgan fingerprint density at radius 3 is 2.29 bits per heavy atom. The van der Waals surface area contributed by atoms with Crippen molar-refractivity contribution in [2.24, 2.45) is 5.11 Å². The largest absolute Gasteiger partial charge is 0.444 e. The first-order chi connectivity index (χ1) is 10.8. The smallest absolute Gasteiger partial charge is 0.410 e. The van der Waals surface area contributed by atoms with Gasteiger partial charge in [-0.3, -0.25) is 0 Å². The zero-order valence-electron chi connectivity index (χ0n) is 16.3. The van der Waals surface area contributed by atoms with Crippen LogP contribution in [0, 0.1) is 0 Å². The lowest BCUT2D eigenvalue weighted by Gasteiger charge is -2.44. The molecule has 8 heteroatoms. The van der Waals surface area contributed by atoms with Crippen molar-refractivity contribution in [1.82, 2.24) is 4.90 Å². The molecule has 1 fully saturated rings. The van der Waals surface area contributed by atoms with Gasteiger partial charge in [-0.05, 0) is 50.9 Å². The summed E-state index contributed by atoms with van der Waals surface area (Å²) in [5, 5.41) is 3.94. The van der Waals surface area contributed by atoms with E-state index in [2.05, 4.69) is 43.9 Å². The van der Waals surface area contributed by atoms with Crippen molar-refractivity contribution in [3.8, 4) is 0 Å². The van der Waals surface area contributed by atoms with Gasteiger partial charge in [0.25, 0.3) is 0 Å². The van der Waals surface area contributed by atoms with Gasteiger partial charge >= 0.3 is 6.09 Å². The summed E-state index contributed by atoms with van der Waals surface area (Å²) in [4.78, 5) is 17.0. The highest BCUT2D eigenvalue weighted by Gasteiger charge is 2.43. The lowest BCUT2D eigenvalue weighted by molar-refractivity contribution is 0.00189. The van der Waals surface area contributed by atoms with E-state index in [0.717, 1.165) is 0 Å². The van der Waals surface area contributed by atoms with Gasteiger partial charge in [0, 0.05) is 18.0 Å². The number of ether oxygens (including phenoxy) is 1. The lowest BCUT2D eigenvalue weighted by Crippen LogP contribution is -2.55. The second-order valence-electron chi connectivity index (χ2n) is 8.90. The van der Waals surface area contributed by atoms with Gasteiger partial charge in [0.15, 0.2) is 8.32 Å². The van der Waals surface area contributed by atoms with Crippen LogP contribution in [0.2, 0.25) is 18.1 Å². The van der Waals surface area contributed by atoms with E-state index >= 15 is 0 Å². The zero-order chi connectivity index (χ0) is 18.8. The molecule has 0 aromatic heterocycles. The average molecular weight is 357 g/mol. The standard InChI is InChI=1S/C16H32N4O3Si/c1-15(2,3)22-14(21)20-10-9-12(18-19-17)13(11-20)23-24(7,8)16(4,5)6/h12-13H,9-11H2,1-8H3/t12-,13+/m1/s1. The summed E-state index contributed by atoms with van der Waals surface area (Å²) in [6.45, 7) is 17.3. The highest BCUT2D eigenvalue weighted by molar-refractivity contribution is 6.74. The highest BCUT2D eigenvalue weighted by atomic mass is 28.4. The predicted octanol–water partition coefficient (Wildman–Crippen LogP) is 4.70. The minimum Gasteiger partial charge on any atom is -0.444 e. The molecule has 24 heavy (non-hydrogen) atoms. The number of hydrogen-bond acceptors (Lipinski definition) is 4. The average Bonchev–Trinajstić information content (AvgIpc) is 2.37. The second kappa shape index (κ2) is 7.33. The van der Waals surface area contributed by atoms with Gasteiger partial charge in [-0.2, -0.15) is 0 Å². The van der Waals surface area contributed by atoms with Crippen molar-refractivity contribution in [2.75, 3.05) is 13.1 Å². The molecule has 7 nitrogen and oxygen atoms in total. The zero-order valence-corrected chi connectivity index (χ0v) is 17.3. The Kier molecular flexibility index (Phi) is 6.35. The molecule has 0 N–H and O–H groups in total. The first-order valence-electron chi connectivity index (χ1n) is 8.47. The molecule has 1 saturated heterocycles. The minimum atomic E-state index is -2.04. The Balaban J connectivity index is 2.91. The van der Waals surface area contributed by atoms with Crippen molar-refractivity contribution in [3.63, 3.8) is 0 Å². The van der Waals surface area contributed by atoms with Gasteiger partial charge in [-0.25, -0.2) is 4.79 Å². The molecule has 1 aliphatic rings. The van der Waals surface area contributed by atoms with Crippen molar-refractivity contribution < 1.29 is 14.0 Å². The van der Waals surface area contributed by atoms with Crippen LogP contribution < -0.4 is 0 Å². The van der Waals surface area contributed by atoms with Gasteiger partial charge < -0.3 is 14.1 Å². The number of nitrogens with zero attached hydrogens (tertiary/aromatic N) is 4. The molecule has 0 saturated carbocycles. The minimum absolute atomic E-state index is 0.0438. The number of hydrogen-bond donors (Lipinski definition) is 0. The van der Waals surface area contributed by atoms with Crippen LogP contribution >= 0.6 is 0 Å². The SMILES string of the molecule is CC(C)(C)OC(=O)N1CC[C@@H](N=[N+]=[N-])[C@@H](O[Si](C)(C)C(C)(C)C)C1. The molecule has 1 amide bonds. The van der Waals surface area contributed by atoms with Crippen molar-refractivity contribution in [3.05, 3.63) is 10.4 Å². The molecule has 1 aliphatic heterocycles. The van der Waals surface area contributed by atoms with E-state index in [1.54, 1.807) is 4.90 Å². The molecular weight excluding hydrogens is 324 g/mol. The lowest BCUT2D eigenvalue weighted by atomic mass is 10.0. The normalized spacial score (nSPS) is 22.8. The van der Waals surface area contributed by atoms with E-state index < -0.39 is 13.9 Å². The summed E-state index contributed by atoms with van der Waals surface area (Å²) in [6.07, 6.45) is -0.0449. The second-order valence-corrected chi connectivity index (χ2v) is 13.7. The van der Waals surface area contributed by atoms with Crippen molar-refractivity contribution in [2.45, 2.75) is 83.8 Å². The summed E-state index contributed by atoms with van der Waals surface area (Å²) in [5.41, 5.74) is 8.30. The fourth-order valence-electron chi connectivity index (χ4n) is 2.27. The molecule has 0 radical (unpaired) electrons. The molecule has 0 spiro atoms. The van der Waals surface area contributed by atoms with Crippen LogP contribution in [0.25, 0.3) is 10.4 Å². The molecule has 1 heterocycles. The third kappa shape index (κ3) is 5.68. The monoisotopic (exact) mass is 356 g/mol. The summed E-state index contributed by atoms with van der Waals surface area (Å²) < 4.78 is 11.9. The summed E-state index contributed by atoms with van der Waals surface area (Å²) in [6, 6.07) is -0.247. The Hall–Kier alpha value is -1.24. The van der Waals surface area contributed by atoms with E-state index in [9.17, 15) is 4.79 Å². The molecule has 0 bridgehead atoms. The number of rotatable bonds is 3. The van der Waals surface area contributed by atoms with Gasteiger partial charge in [0.2, 0.25) is 0 Å². The fraction of sp³-hybridized carbons (Fsp3) is 0.938. The van der Waals surface area contributed by atoms with Crippen molar-refractivity contribution in [1.29, 1.82) is 0 Å². The highest BCUT2D eigenvalue weighted by Crippen LogP contribution is 2.38. The molecular formula is C16H32N4O3Si. The number of carbonyl (C=O) groups excluding carboxylic acids is 1. The van der Waals surface area contributed by atoms with E-state index in [1.807, 2.05) is 20.8 Å². The van der Waals surface area contributed by atoms with Crippen LogP contribution in [0.4, 0.5) is 4.79 Å². The maximum atomic E-state index is 12.3. The fourth-order valence-corrected chi connectivity index (χ4v) is 3.61. The van der Waals surface area contributed by atoms with Gasteiger partial charge in [-0.1, -0.05) is 25.9 Å². The number of likely N-dealkylation sites (tertiary alicyclic amines) is 1. The Morgan fingerprint density at radius 1 is 1.25 bits per heavy atom. The molecule has 1 rings (SSSR count). The maximum Gasteiger partial charge on any atom is 0.410 e. The molecule has 138 valence electrons. The number of piperidine rings is 1. The summed E-state index contributed by atoms with van der Waals surface area (Å²) in [7, 11) is -2.04. The third-order valence-corrected chi connectivity index (χ3v) is 9.13. The topological polar surface area (TPSA) is 87.5 Å². The predicted molar refractivity (Wildman–Crippen MR) is 97.4 cm³/mol. The van der Waals surface area contributed by atoms with Crippen molar-refractivity contribution >= 4 is 14.4 Å². The van der Waals surface area contributed by atoms with Gasteiger partial charge in [0.05, 0.1) is 12.1 Å². The van der Waals surface area contributed by atoms with E-state index in [-0.39, 0.29) is 23.3 Å². The molecule has 0 aliphatic carbocycles. The first-order valence-corrected chi connectivity index (χ1v) is 11.4. The van der Waals surface area contributed by atoms with Crippen LogP contribution in [-0.4, -0.2) is 50.1 Å². The van der Waals surface area contributed by atoms with Crippen LogP contribution in [0.3, 0.4) is 0 Å². The van der Waals surface area contributed by atoms with Gasteiger partial charge in [-0.15, -0.1) is 0 Å². The molecule has 0 unspecified atom stereocenters. The van der Waals surface area contributed by atoms with E-state index in [1.165, 1.54) is 0 Å². The molecule has 0 aromatic rings. The Morgan fingerprint density at radius 2 is 1.83 bits per heavy atom. The summed E-state index contributed by atoms with van der Waals surface area (Å²) >= 11 is 0. The Bertz CT molecular complexity index is 504. The molecule has 2 atom stereocenters. The van der Waals surface area contributed by atoms with E-state index in [0.29, 0.717) is 19.5 Å². The Labute approximate surface area is 146 Å². The van der Waals surface area contributed by atoms with Crippen LogP contribution in [0.5, 0.6) is 0 Å². The van der Waals surface area contributed by atoms with Gasteiger partial charge in [0.1, 0.15) is 5.60 Å². The maximum absolute atomic E-state index is 12.3. The summed E-state index contributed by atoms with van der Waals surface area (Å²) in [5.74, 6) is 0. The van der Waals surface area contributed by atoms with E-state index in [4.69, 9.17) is 14.7 Å².